The highest BCUT2D eigenvalue weighted by molar-refractivity contribution is 4.86. The minimum Gasteiger partial charge on any atom is -0.380 e. The van der Waals surface area contributed by atoms with Crippen LogP contribution in [-0.4, -0.2) is 49.8 Å². The van der Waals surface area contributed by atoms with Crippen molar-refractivity contribution in [2.75, 3.05) is 26.7 Å². The van der Waals surface area contributed by atoms with Crippen molar-refractivity contribution in [2.24, 2.45) is 5.92 Å². The van der Waals surface area contributed by atoms with Gasteiger partial charge in [0.15, 0.2) is 0 Å². The number of hydrogen-bond donors (Lipinski definition) is 1. The summed E-state index contributed by atoms with van der Waals surface area (Å²) in [5, 5.41) is 3.62. The predicted octanol–water partition coefficient (Wildman–Crippen LogP) is 1.48. The van der Waals surface area contributed by atoms with Gasteiger partial charge in [-0.25, -0.2) is 0 Å². The van der Waals surface area contributed by atoms with Crippen molar-refractivity contribution in [1.29, 1.82) is 0 Å². The Bertz CT molecular complexity index is 218. The maximum atomic E-state index is 5.56. The van der Waals surface area contributed by atoms with Crippen LogP contribution in [0.3, 0.4) is 0 Å². The van der Waals surface area contributed by atoms with Crippen molar-refractivity contribution >= 4 is 0 Å². The van der Waals surface area contributed by atoms with Crippen molar-refractivity contribution in [3.8, 4) is 0 Å². The van der Waals surface area contributed by atoms with Crippen LogP contribution in [0.5, 0.6) is 0 Å². The molecule has 1 aliphatic carbocycles. The van der Waals surface area contributed by atoms with Gasteiger partial charge >= 0.3 is 0 Å². The number of hydrogen-bond acceptors (Lipinski definition) is 3. The molecule has 2 fully saturated rings. The number of likely N-dealkylation sites (tertiary alicyclic amines) is 1. The van der Waals surface area contributed by atoms with E-state index in [2.05, 4.69) is 24.1 Å². The molecule has 0 radical (unpaired) electrons. The molecule has 3 atom stereocenters. The lowest BCUT2D eigenvalue weighted by atomic mass is 9.95. The van der Waals surface area contributed by atoms with Crippen molar-refractivity contribution in [3.05, 3.63) is 0 Å². The third-order valence-electron chi connectivity index (χ3n) is 4.13. The highest BCUT2D eigenvalue weighted by Crippen LogP contribution is 2.22. The Kier molecular flexibility index (Phi) is 4.22. The minimum absolute atomic E-state index is 0.428. The Morgan fingerprint density at radius 2 is 2.12 bits per heavy atom. The van der Waals surface area contributed by atoms with Gasteiger partial charge in [-0.2, -0.15) is 0 Å². The standard InChI is InChI=1S/C13H26N2O/c1-10-6-7-15(9-13(10)16-3)11(2)8-14-12-4-5-12/h10-14H,4-9H2,1-3H3. The molecule has 0 bridgehead atoms. The van der Waals surface area contributed by atoms with Gasteiger partial charge in [-0.05, 0) is 38.6 Å². The first-order valence-corrected chi connectivity index (χ1v) is 6.71. The Labute approximate surface area is 99.5 Å². The molecule has 2 rings (SSSR count). The molecule has 1 saturated heterocycles. The smallest absolute Gasteiger partial charge is 0.0724 e. The van der Waals surface area contributed by atoms with Crippen LogP contribution < -0.4 is 5.32 Å². The van der Waals surface area contributed by atoms with Crippen LogP contribution in [0.25, 0.3) is 0 Å². The van der Waals surface area contributed by atoms with Gasteiger partial charge in [0.25, 0.3) is 0 Å². The molecule has 3 heteroatoms. The van der Waals surface area contributed by atoms with E-state index in [1.165, 1.54) is 25.8 Å². The van der Waals surface area contributed by atoms with Crippen LogP contribution in [0.1, 0.15) is 33.1 Å². The van der Waals surface area contributed by atoms with Crippen molar-refractivity contribution in [3.63, 3.8) is 0 Å². The quantitative estimate of drug-likeness (QED) is 0.768. The van der Waals surface area contributed by atoms with Crippen molar-refractivity contribution in [1.82, 2.24) is 10.2 Å². The van der Waals surface area contributed by atoms with E-state index in [0.29, 0.717) is 18.1 Å². The SMILES string of the molecule is COC1CN(C(C)CNC2CC2)CCC1C. The zero-order valence-electron chi connectivity index (χ0n) is 10.9. The molecule has 1 saturated carbocycles. The molecule has 1 aliphatic heterocycles. The highest BCUT2D eigenvalue weighted by atomic mass is 16.5. The topological polar surface area (TPSA) is 24.5 Å². The molecule has 1 heterocycles. The second-order valence-corrected chi connectivity index (χ2v) is 5.57. The van der Waals surface area contributed by atoms with E-state index >= 15 is 0 Å². The van der Waals surface area contributed by atoms with Crippen LogP contribution in [0.2, 0.25) is 0 Å². The Balaban J connectivity index is 1.74. The second-order valence-electron chi connectivity index (χ2n) is 5.57. The van der Waals surface area contributed by atoms with Crippen molar-refractivity contribution < 1.29 is 4.74 Å². The molecule has 1 N–H and O–H groups in total. The molecule has 3 nitrogen and oxygen atoms in total. The number of methoxy groups -OCH3 is 1. The van der Waals surface area contributed by atoms with E-state index in [1.807, 2.05) is 7.11 Å². The summed E-state index contributed by atoms with van der Waals surface area (Å²) in [7, 11) is 1.85. The fourth-order valence-electron chi connectivity index (χ4n) is 2.52. The number of rotatable bonds is 5. The fourth-order valence-corrected chi connectivity index (χ4v) is 2.52. The molecule has 0 aromatic carbocycles. The Morgan fingerprint density at radius 3 is 2.75 bits per heavy atom. The molecule has 3 unspecified atom stereocenters. The average molecular weight is 226 g/mol. The maximum absolute atomic E-state index is 5.56. The fraction of sp³-hybridized carbons (Fsp3) is 1.00. The minimum atomic E-state index is 0.428. The highest BCUT2D eigenvalue weighted by Gasteiger charge is 2.29. The zero-order valence-corrected chi connectivity index (χ0v) is 10.9. The van der Waals surface area contributed by atoms with Gasteiger partial charge in [0, 0.05) is 32.3 Å². The molecule has 2 aliphatic rings. The summed E-state index contributed by atoms with van der Waals surface area (Å²) < 4.78 is 5.56. The van der Waals surface area contributed by atoms with Crippen LogP contribution in [0, 0.1) is 5.92 Å². The first kappa shape index (κ1) is 12.3. The van der Waals surface area contributed by atoms with E-state index in [9.17, 15) is 0 Å². The van der Waals surface area contributed by atoms with Gasteiger partial charge in [-0.15, -0.1) is 0 Å². The number of piperidine rings is 1. The van der Waals surface area contributed by atoms with E-state index in [1.54, 1.807) is 0 Å². The summed E-state index contributed by atoms with van der Waals surface area (Å²) in [6, 6.07) is 1.47. The van der Waals surface area contributed by atoms with E-state index in [0.717, 1.165) is 19.1 Å². The lowest BCUT2D eigenvalue weighted by Crippen LogP contribution is -2.50. The maximum Gasteiger partial charge on any atom is 0.0724 e. The summed E-state index contributed by atoms with van der Waals surface area (Å²) in [4.78, 5) is 2.57. The van der Waals surface area contributed by atoms with Crippen LogP contribution in [-0.2, 0) is 4.74 Å². The molecular formula is C13H26N2O. The molecule has 0 spiro atoms. The third kappa shape index (κ3) is 3.19. The monoisotopic (exact) mass is 226 g/mol. The van der Waals surface area contributed by atoms with Crippen LogP contribution in [0.15, 0.2) is 0 Å². The molecule has 16 heavy (non-hydrogen) atoms. The van der Waals surface area contributed by atoms with Gasteiger partial charge in [-0.1, -0.05) is 6.92 Å². The summed E-state index contributed by atoms with van der Waals surface area (Å²) in [6.07, 6.45) is 4.46. The molecule has 0 aromatic rings. The Hall–Kier alpha value is -0.120. The number of nitrogens with one attached hydrogen (secondary N) is 1. The Morgan fingerprint density at radius 1 is 1.38 bits per heavy atom. The van der Waals surface area contributed by atoms with Gasteiger partial charge in [0.2, 0.25) is 0 Å². The summed E-state index contributed by atoms with van der Waals surface area (Å²) in [6.45, 7) is 8.10. The van der Waals surface area contributed by atoms with Crippen LogP contribution >= 0.6 is 0 Å². The number of ether oxygens (including phenoxy) is 1. The second kappa shape index (κ2) is 5.48. The van der Waals surface area contributed by atoms with Crippen LogP contribution in [0.4, 0.5) is 0 Å². The molecule has 0 aromatic heterocycles. The van der Waals surface area contributed by atoms with Gasteiger partial charge < -0.3 is 10.1 Å². The van der Waals surface area contributed by atoms with E-state index < -0.39 is 0 Å². The molecular weight excluding hydrogens is 200 g/mol. The molecule has 0 amide bonds. The van der Waals surface area contributed by atoms with Gasteiger partial charge in [-0.3, -0.25) is 4.90 Å². The van der Waals surface area contributed by atoms with Gasteiger partial charge in [0.1, 0.15) is 0 Å². The lowest BCUT2D eigenvalue weighted by Gasteiger charge is -2.39. The predicted molar refractivity (Wildman–Crippen MR) is 66.6 cm³/mol. The first-order valence-electron chi connectivity index (χ1n) is 6.71. The van der Waals surface area contributed by atoms with Gasteiger partial charge in [0.05, 0.1) is 6.10 Å². The largest absolute Gasteiger partial charge is 0.380 e. The van der Waals surface area contributed by atoms with E-state index in [4.69, 9.17) is 4.74 Å². The first-order chi connectivity index (χ1) is 7.70. The summed E-state index contributed by atoms with van der Waals surface area (Å²) in [5.74, 6) is 0.713. The zero-order chi connectivity index (χ0) is 11.5. The number of nitrogens with zero attached hydrogens (tertiary/aromatic N) is 1. The average Bonchev–Trinajstić information content (AvgIpc) is 3.10. The van der Waals surface area contributed by atoms with Crippen molar-refractivity contribution in [2.45, 2.75) is 51.3 Å². The molecule has 94 valence electrons. The third-order valence-corrected chi connectivity index (χ3v) is 4.13. The summed E-state index contributed by atoms with van der Waals surface area (Å²) >= 11 is 0. The summed E-state index contributed by atoms with van der Waals surface area (Å²) in [5.41, 5.74) is 0. The van der Waals surface area contributed by atoms with E-state index in [-0.39, 0.29) is 0 Å². The lowest BCUT2D eigenvalue weighted by molar-refractivity contribution is -0.0164. The normalized spacial score (nSPS) is 33.9.